The van der Waals surface area contributed by atoms with Crippen LogP contribution in [0.15, 0.2) is 144 Å². The van der Waals surface area contributed by atoms with Gasteiger partial charge in [0.05, 0.1) is 0 Å². The van der Waals surface area contributed by atoms with Crippen LogP contribution < -0.4 is 0 Å². The maximum absolute atomic E-state index is 6.50. The fraction of sp³-hybridized carbons (Fsp3) is 0.0435. The molecule has 1 aromatic heterocycles. The molecule has 1 unspecified atom stereocenters. The van der Waals surface area contributed by atoms with E-state index in [4.69, 9.17) is 4.42 Å². The van der Waals surface area contributed by atoms with E-state index in [1.807, 2.05) is 0 Å². The Morgan fingerprint density at radius 1 is 0.511 bits per heavy atom. The Balaban J connectivity index is 1.30. The Morgan fingerprint density at radius 2 is 1.13 bits per heavy atom. The predicted molar refractivity (Wildman–Crippen MR) is 200 cm³/mol. The molecule has 218 valence electrons. The van der Waals surface area contributed by atoms with Crippen LogP contribution in [0.1, 0.15) is 29.0 Å². The SMILES string of the molecule is C1=Cc2ccc3ccc(-c4c5ccccc5c(-c5cc6c7ccccc7oc6c6ccccc56)c5ccccc45)c4c3c2C(C=C4)C1. The molecule has 1 heteroatoms. The maximum Gasteiger partial charge on any atom is 0.143 e. The number of benzene rings is 8. The smallest absolute Gasteiger partial charge is 0.143 e. The Morgan fingerprint density at radius 3 is 1.87 bits per heavy atom. The number of allylic oxidation sites excluding steroid dienone is 2. The van der Waals surface area contributed by atoms with E-state index in [0.29, 0.717) is 5.92 Å². The van der Waals surface area contributed by atoms with E-state index in [1.165, 1.54) is 76.6 Å². The zero-order chi connectivity index (χ0) is 30.6. The summed E-state index contributed by atoms with van der Waals surface area (Å²) >= 11 is 0. The first-order valence-corrected chi connectivity index (χ1v) is 16.5. The van der Waals surface area contributed by atoms with Gasteiger partial charge in [0.15, 0.2) is 0 Å². The van der Waals surface area contributed by atoms with E-state index in [2.05, 4.69) is 152 Å². The summed E-state index contributed by atoms with van der Waals surface area (Å²) in [5.74, 6) is 0.444. The van der Waals surface area contributed by atoms with Crippen molar-refractivity contribution in [1.29, 1.82) is 0 Å². The minimum Gasteiger partial charge on any atom is -0.455 e. The third-order valence-corrected chi connectivity index (χ3v) is 10.7. The lowest BCUT2D eigenvalue weighted by Crippen LogP contribution is -2.07. The van der Waals surface area contributed by atoms with E-state index in [0.717, 1.165) is 33.7 Å². The molecular weight excluding hydrogens is 569 g/mol. The topological polar surface area (TPSA) is 13.1 Å². The Bertz CT molecular complexity index is 2820. The van der Waals surface area contributed by atoms with Gasteiger partial charge in [0.2, 0.25) is 0 Å². The molecule has 47 heavy (non-hydrogen) atoms. The van der Waals surface area contributed by atoms with E-state index in [1.54, 1.807) is 0 Å². The van der Waals surface area contributed by atoms with Crippen molar-refractivity contribution in [3.05, 3.63) is 156 Å². The predicted octanol–water partition coefficient (Wildman–Crippen LogP) is 13.1. The van der Waals surface area contributed by atoms with Gasteiger partial charge < -0.3 is 4.42 Å². The second-order valence-corrected chi connectivity index (χ2v) is 13.1. The summed E-state index contributed by atoms with van der Waals surface area (Å²) in [4.78, 5) is 0. The van der Waals surface area contributed by atoms with Gasteiger partial charge in [0, 0.05) is 22.1 Å². The fourth-order valence-electron chi connectivity index (χ4n) is 8.73. The van der Waals surface area contributed by atoms with Crippen LogP contribution in [0.4, 0.5) is 0 Å². The second-order valence-electron chi connectivity index (χ2n) is 13.1. The average molecular weight is 597 g/mol. The molecule has 0 saturated heterocycles. The molecule has 0 radical (unpaired) electrons. The summed E-state index contributed by atoms with van der Waals surface area (Å²) in [6, 6.07) is 46.9. The maximum atomic E-state index is 6.50. The van der Waals surface area contributed by atoms with Crippen molar-refractivity contribution >= 4 is 77.2 Å². The van der Waals surface area contributed by atoms with Crippen molar-refractivity contribution in [1.82, 2.24) is 0 Å². The van der Waals surface area contributed by atoms with Gasteiger partial charge in [-0.15, -0.1) is 0 Å². The number of fused-ring (bicyclic) bond motifs is 7. The fourth-order valence-corrected chi connectivity index (χ4v) is 8.73. The van der Waals surface area contributed by atoms with E-state index in [9.17, 15) is 0 Å². The molecule has 1 atom stereocenters. The number of hydrogen-bond acceptors (Lipinski definition) is 1. The molecule has 0 spiro atoms. The molecule has 8 aromatic carbocycles. The summed E-state index contributed by atoms with van der Waals surface area (Å²) in [5, 5.41) is 12.5. The summed E-state index contributed by atoms with van der Waals surface area (Å²) in [5.41, 5.74) is 11.2. The average Bonchev–Trinajstić information content (AvgIpc) is 3.52. The zero-order valence-corrected chi connectivity index (χ0v) is 25.6. The molecule has 0 fully saturated rings. The van der Waals surface area contributed by atoms with Gasteiger partial charge in [-0.1, -0.05) is 140 Å². The molecule has 2 aliphatic carbocycles. The van der Waals surface area contributed by atoms with Gasteiger partial charge in [0.25, 0.3) is 0 Å². The van der Waals surface area contributed by atoms with Crippen LogP contribution >= 0.6 is 0 Å². The summed E-state index contributed by atoms with van der Waals surface area (Å²) in [6.07, 6.45) is 10.5. The van der Waals surface area contributed by atoms with Crippen LogP contribution in [0.3, 0.4) is 0 Å². The van der Waals surface area contributed by atoms with Crippen molar-refractivity contribution in [2.45, 2.75) is 12.3 Å². The Kier molecular flexibility index (Phi) is 5.01. The van der Waals surface area contributed by atoms with E-state index in [-0.39, 0.29) is 0 Å². The largest absolute Gasteiger partial charge is 0.455 e. The first-order valence-electron chi connectivity index (χ1n) is 16.5. The standard InChI is InChI=1S/C46H28O/c1-6-18-38-30(12-1)39(26-40-31-13-7-8-19-41(31)47-46(38)40)45-34-16-4-2-14-32(34)44(33-15-3-5-17-35(33)45)37-25-23-29-21-20-27-10-9-11-28-22-24-36(37)43(29)42(27)28/h1-10,12-26,28H,11H2. The monoisotopic (exact) mass is 596 g/mol. The van der Waals surface area contributed by atoms with Crippen molar-refractivity contribution < 1.29 is 4.42 Å². The third-order valence-electron chi connectivity index (χ3n) is 10.7. The normalized spacial score (nSPS) is 15.2. The van der Waals surface area contributed by atoms with E-state index >= 15 is 0 Å². The van der Waals surface area contributed by atoms with Crippen molar-refractivity contribution in [2.24, 2.45) is 0 Å². The molecule has 1 nitrogen and oxygen atoms in total. The molecule has 1 heterocycles. The summed E-state index contributed by atoms with van der Waals surface area (Å²) < 4.78 is 6.50. The molecule has 0 amide bonds. The molecule has 0 aliphatic heterocycles. The van der Waals surface area contributed by atoms with Gasteiger partial charge in [-0.3, -0.25) is 0 Å². The molecule has 2 aliphatic rings. The molecule has 0 N–H and O–H groups in total. The highest BCUT2D eigenvalue weighted by atomic mass is 16.3. The van der Waals surface area contributed by atoms with Gasteiger partial charge in [0.1, 0.15) is 11.2 Å². The lowest BCUT2D eigenvalue weighted by Gasteiger charge is -2.27. The quantitative estimate of drug-likeness (QED) is 0.181. The van der Waals surface area contributed by atoms with Crippen molar-refractivity contribution in [3.8, 4) is 22.3 Å². The first kappa shape index (κ1) is 25.3. The minimum atomic E-state index is 0.444. The first-order chi connectivity index (χ1) is 23.3. The van der Waals surface area contributed by atoms with Gasteiger partial charge in [-0.2, -0.15) is 0 Å². The second kappa shape index (κ2) is 9.31. The zero-order valence-electron chi connectivity index (χ0n) is 25.6. The highest BCUT2D eigenvalue weighted by Gasteiger charge is 2.26. The van der Waals surface area contributed by atoms with Crippen LogP contribution in [0, 0.1) is 0 Å². The lowest BCUT2D eigenvalue weighted by molar-refractivity contribution is 0.672. The van der Waals surface area contributed by atoms with Crippen molar-refractivity contribution in [2.75, 3.05) is 0 Å². The van der Waals surface area contributed by atoms with Crippen LogP contribution in [0.25, 0.3) is 99.4 Å². The van der Waals surface area contributed by atoms with Crippen LogP contribution in [-0.2, 0) is 0 Å². The van der Waals surface area contributed by atoms with Gasteiger partial charge in [-0.05, 0) is 95.2 Å². The highest BCUT2D eigenvalue weighted by Crippen LogP contribution is 2.50. The molecule has 9 aromatic rings. The van der Waals surface area contributed by atoms with Crippen LogP contribution in [-0.4, -0.2) is 0 Å². The van der Waals surface area contributed by atoms with Gasteiger partial charge in [-0.25, -0.2) is 0 Å². The number of furan rings is 1. The third kappa shape index (κ3) is 3.38. The Hall–Kier alpha value is -5.92. The number of hydrogen-bond donors (Lipinski definition) is 0. The molecule has 0 saturated carbocycles. The van der Waals surface area contributed by atoms with Crippen LogP contribution in [0.2, 0.25) is 0 Å². The Labute approximate surface area is 271 Å². The summed E-state index contributed by atoms with van der Waals surface area (Å²) in [6.45, 7) is 0. The minimum absolute atomic E-state index is 0.444. The number of rotatable bonds is 2. The summed E-state index contributed by atoms with van der Waals surface area (Å²) in [7, 11) is 0. The molecule has 0 bridgehead atoms. The molecular formula is C46H28O. The van der Waals surface area contributed by atoms with Gasteiger partial charge >= 0.3 is 0 Å². The number of para-hydroxylation sites is 1. The molecule has 11 rings (SSSR count). The lowest BCUT2D eigenvalue weighted by atomic mass is 9.76. The highest BCUT2D eigenvalue weighted by molar-refractivity contribution is 6.27. The van der Waals surface area contributed by atoms with Crippen LogP contribution in [0.5, 0.6) is 0 Å². The van der Waals surface area contributed by atoms with E-state index < -0.39 is 0 Å². The van der Waals surface area contributed by atoms with Crippen molar-refractivity contribution in [3.63, 3.8) is 0 Å².